The van der Waals surface area contributed by atoms with Crippen molar-refractivity contribution in [3.63, 3.8) is 0 Å². The molecule has 0 fully saturated rings. The van der Waals surface area contributed by atoms with E-state index < -0.39 is 9.92 Å². The van der Waals surface area contributed by atoms with Crippen LogP contribution in [-0.4, -0.2) is 0 Å². The molecule has 0 saturated carbocycles. The average molecular weight is 121 g/mol. The van der Waals surface area contributed by atoms with Crippen LogP contribution in [0.5, 0.6) is 0 Å². The van der Waals surface area contributed by atoms with Crippen molar-refractivity contribution in [3.05, 3.63) is 12.5 Å². The molecule has 0 saturated heterocycles. The number of nitrogens with one attached hydrogen (secondary N) is 1. The van der Waals surface area contributed by atoms with Gasteiger partial charge in [-0.3, -0.25) is 4.72 Å². The van der Waals surface area contributed by atoms with Gasteiger partial charge < -0.3 is 4.18 Å². The highest BCUT2D eigenvalue weighted by molar-refractivity contribution is 8.25. The quantitative estimate of drug-likeness (QED) is 0.487. The second-order valence-corrected chi connectivity index (χ2v) is 2.56. The van der Waals surface area contributed by atoms with Crippen LogP contribution in [0.15, 0.2) is 12.5 Å². The van der Waals surface area contributed by atoms with Crippen LogP contribution in [0.3, 0.4) is 0 Å². The highest BCUT2D eigenvalue weighted by atomic mass is 32.8. The SMILES string of the molecule is S=S1NC=CO1. The van der Waals surface area contributed by atoms with Crippen LogP contribution in [-0.2, 0) is 25.3 Å². The van der Waals surface area contributed by atoms with Crippen LogP contribution in [0.2, 0.25) is 0 Å². The smallest absolute Gasteiger partial charge is 0.160 e. The highest BCUT2D eigenvalue weighted by Gasteiger charge is 1.90. The van der Waals surface area contributed by atoms with Crippen LogP contribution in [0.1, 0.15) is 0 Å². The molecule has 1 rings (SSSR count). The van der Waals surface area contributed by atoms with Gasteiger partial charge in [-0.1, -0.05) is 0 Å². The van der Waals surface area contributed by atoms with Crippen molar-refractivity contribution in [2.75, 3.05) is 0 Å². The van der Waals surface area contributed by atoms with Crippen LogP contribution >= 0.6 is 0 Å². The van der Waals surface area contributed by atoms with E-state index >= 15 is 0 Å². The summed E-state index contributed by atoms with van der Waals surface area (Å²) in [6.07, 6.45) is 3.24. The zero-order chi connectivity index (χ0) is 4.41. The van der Waals surface area contributed by atoms with E-state index in [-0.39, 0.29) is 0 Å². The molecule has 0 aliphatic carbocycles. The second-order valence-electron chi connectivity index (χ2n) is 0.752. The van der Waals surface area contributed by atoms with E-state index in [2.05, 4.69) is 15.9 Å². The molecule has 0 amide bonds. The Hall–Kier alpha value is -0.0900. The summed E-state index contributed by atoms with van der Waals surface area (Å²) in [5.74, 6) is 0. The third-order valence-corrected chi connectivity index (χ3v) is 1.51. The Balaban J connectivity index is 2.52. The maximum Gasteiger partial charge on any atom is 0.160 e. The van der Waals surface area contributed by atoms with Crippen molar-refractivity contribution >= 4 is 21.1 Å². The van der Waals surface area contributed by atoms with Gasteiger partial charge in [0.2, 0.25) is 0 Å². The van der Waals surface area contributed by atoms with E-state index in [0.717, 1.165) is 0 Å². The van der Waals surface area contributed by atoms with Crippen LogP contribution in [0.25, 0.3) is 0 Å². The summed E-state index contributed by atoms with van der Waals surface area (Å²) in [5, 5.41) is 0. The third-order valence-electron chi connectivity index (χ3n) is 0.375. The molecule has 1 N–H and O–H groups in total. The van der Waals surface area contributed by atoms with E-state index in [1.165, 1.54) is 0 Å². The molecule has 0 spiro atoms. The minimum atomic E-state index is -0.451. The molecule has 1 aliphatic rings. The number of hydrogen-bond donors (Lipinski definition) is 1. The Morgan fingerprint density at radius 1 is 1.83 bits per heavy atom. The molecule has 1 aliphatic heterocycles. The van der Waals surface area contributed by atoms with Gasteiger partial charge in [-0.05, 0) is 0 Å². The standard InChI is InChI=1S/C2H3NOS2/c5-6-3-1-2-4-6/h1-3H. The van der Waals surface area contributed by atoms with E-state index in [1.807, 2.05) is 0 Å². The Morgan fingerprint density at radius 2 is 2.67 bits per heavy atom. The molecular weight excluding hydrogens is 118 g/mol. The largest absolute Gasteiger partial charge is 0.411 e. The molecule has 34 valence electrons. The van der Waals surface area contributed by atoms with E-state index in [9.17, 15) is 0 Å². The Bertz CT molecular complexity index is 89.7. The van der Waals surface area contributed by atoms with Crippen molar-refractivity contribution in [2.45, 2.75) is 0 Å². The predicted molar refractivity (Wildman–Crippen MR) is 28.1 cm³/mol. The maximum atomic E-state index is 4.70. The molecule has 0 bridgehead atoms. The van der Waals surface area contributed by atoms with Crippen LogP contribution in [0.4, 0.5) is 0 Å². The summed E-state index contributed by atoms with van der Waals surface area (Å²) in [5.41, 5.74) is 0. The van der Waals surface area contributed by atoms with Gasteiger partial charge in [0.05, 0.1) is 0 Å². The lowest BCUT2D eigenvalue weighted by molar-refractivity contribution is 0.572. The minimum Gasteiger partial charge on any atom is -0.411 e. The lowest BCUT2D eigenvalue weighted by Crippen LogP contribution is -2.00. The van der Waals surface area contributed by atoms with Gasteiger partial charge in [0.25, 0.3) is 0 Å². The lowest BCUT2D eigenvalue weighted by Gasteiger charge is -1.87. The zero-order valence-electron chi connectivity index (χ0n) is 2.88. The normalized spacial score (nSPS) is 29.0. The van der Waals surface area contributed by atoms with Gasteiger partial charge in [-0.2, -0.15) is 0 Å². The molecule has 0 aromatic heterocycles. The van der Waals surface area contributed by atoms with Gasteiger partial charge >= 0.3 is 0 Å². The monoisotopic (exact) mass is 121 g/mol. The second kappa shape index (κ2) is 1.57. The molecule has 4 heteroatoms. The molecule has 1 atom stereocenters. The Kier molecular flexibility index (Phi) is 1.07. The van der Waals surface area contributed by atoms with Crippen molar-refractivity contribution in [1.29, 1.82) is 0 Å². The lowest BCUT2D eigenvalue weighted by atomic mass is 11.0. The fraction of sp³-hybridized carbons (Fsp3) is 0. The van der Waals surface area contributed by atoms with Crippen LogP contribution in [0, 0.1) is 0 Å². The Morgan fingerprint density at radius 3 is 2.83 bits per heavy atom. The van der Waals surface area contributed by atoms with E-state index in [1.54, 1.807) is 12.5 Å². The molecule has 2 nitrogen and oxygen atoms in total. The first-order valence-corrected chi connectivity index (χ1v) is 3.47. The fourth-order valence-electron chi connectivity index (χ4n) is 0.189. The van der Waals surface area contributed by atoms with Crippen molar-refractivity contribution in [3.8, 4) is 0 Å². The van der Waals surface area contributed by atoms with E-state index in [4.69, 9.17) is 4.18 Å². The first-order chi connectivity index (χ1) is 2.89. The topological polar surface area (TPSA) is 21.3 Å². The zero-order valence-corrected chi connectivity index (χ0v) is 4.51. The van der Waals surface area contributed by atoms with Crippen molar-refractivity contribution in [1.82, 2.24) is 4.72 Å². The first kappa shape index (κ1) is 4.08. The minimum absolute atomic E-state index is 0.451. The summed E-state index contributed by atoms with van der Waals surface area (Å²) in [7, 11) is -0.451. The maximum absolute atomic E-state index is 4.70. The predicted octanol–water partition coefficient (Wildman–Crippen LogP) is -0.0124. The van der Waals surface area contributed by atoms with E-state index in [0.29, 0.717) is 0 Å². The van der Waals surface area contributed by atoms with Crippen molar-refractivity contribution in [2.24, 2.45) is 0 Å². The fourth-order valence-corrected chi connectivity index (χ4v) is 0.871. The molecule has 0 radical (unpaired) electrons. The molecule has 0 aromatic carbocycles. The van der Waals surface area contributed by atoms with Crippen molar-refractivity contribution < 1.29 is 4.18 Å². The average Bonchev–Trinajstić information content (AvgIpc) is 1.86. The number of hydrogen-bond acceptors (Lipinski definition) is 2. The van der Waals surface area contributed by atoms with Crippen LogP contribution < -0.4 is 4.72 Å². The molecule has 6 heavy (non-hydrogen) atoms. The molecule has 1 heterocycles. The van der Waals surface area contributed by atoms with Gasteiger partial charge in [0, 0.05) is 17.4 Å². The number of rotatable bonds is 0. The third kappa shape index (κ3) is 0.693. The Labute approximate surface area is 43.1 Å². The molecule has 0 aromatic rings. The molecule has 1 unspecified atom stereocenters. The molecular formula is C2H3NOS2. The summed E-state index contributed by atoms with van der Waals surface area (Å²) >= 11 is 4.63. The summed E-state index contributed by atoms with van der Waals surface area (Å²) < 4.78 is 7.46. The summed E-state index contributed by atoms with van der Waals surface area (Å²) in [4.78, 5) is 0. The van der Waals surface area contributed by atoms with Gasteiger partial charge in [-0.25, -0.2) is 0 Å². The first-order valence-electron chi connectivity index (χ1n) is 1.40. The summed E-state index contributed by atoms with van der Waals surface area (Å²) in [6, 6.07) is 0. The summed E-state index contributed by atoms with van der Waals surface area (Å²) in [6.45, 7) is 0. The van der Waals surface area contributed by atoms with Gasteiger partial charge in [-0.15, -0.1) is 0 Å². The van der Waals surface area contributed by atoms with Gasteiger partial charge in [0.15, 0.2) is 9.92 Å². The highest BCUT2D eigenvalue weighted by Crippen LogP contribution is 1.88. The van der Waals surface area contributed by atoms with Gasteiger partial charge in [0.1, 0.15) is 6.26 Å².